The Morgan fingerprint density at radius 2 is 2.09 bits per heavy atom. The molecule has 0 aliphatic carbocycles. The van der Waals surface area contributed by atoms with Crippen LogP contribution in [0.1, 0.15) is 28.0 Å². The number of nitrogens with one attached hydrogen (secondary N) is 2. The quantitative estimate of drug-likeness (QED) is 0.710. The number of aromatic amines is 1. The minimum absolute atomic E-state index is 0.0635. The first-order valence-corrected chi connectivity index (χ1v) is 7.50. The number of fused-ring (bicyclic) bond motifs is 1. The Morgan fingerprint density at radius 1 is 1.23 bits per heavy atom. The van der Waals surface area contributed by atoms with E-state index in [0.717, 1.165) is 24.1 Å². The average molecular weight is 293 g/mol. The van der Waals surface area contributed by atoms with Crippen LogP contribution in [0.25, 0.3) is 10.9 Å². The Balaban J connectivity index is 1.51. The maximum absolute atomic E-state index is 12.0. The standard InChI is InChI=1S/C18H19N3O/c1-13-8-9-15(12-20-13)18(22)19-10-4-5-14-11-21-17-7-3-2-6-16(14)17/h2-3,6-9,11-12,21H,4-5,10H2,1H3,(H,19,22). The number of amides is 1. The van der Waals surface area contributed by atoms with Crippen molar-refractivity contribution in [1.29, 1.82) is 0 Å². The van der Waals surface area contributed by atoms with Crippen molar-refractivity contribution in [3.05, 3.63) is 65.6 Å². The van der Waals surface area contributed by atoms with Crippen LogP contribution >= 0.6 is 0 Å². The van der Waals surface area contributed by atoms with Gasteiger partial charge in [0.2, 0.25) is 0 Å². The molecule has 0 atom stereocenters. The summed E-state index contributed by atoms with van der Waals surface area (Å²) in [4.78, 5) is 19.4. The van der Waals surface area contributed by atoms with E-state index in [1.165, 1.54) is 10.9 Å². The number of hydrogen-bond donors (Lipinski definition) is 2. The Hall–Kier alpha value is -2.62. The third-order valence-electron chi connectivity index (χ3n) is 3.76. The smallest absolute Gasteiger partial charge is 0.252 e. The third kappa shape index (κ3) is 3.17. The van der Waals surface area contributed by atoms with Crippen LogP contribution in [-0.2, 0) is 6.42 Å². The topological polar surface area (TPSA) is 57.8 Å². The zero-order chi connectivity index (χ0) is 15.4. The SMILES string of the molecule is Cc1ccc(C(=O)NCCCc2c[nH]c3ccccc23)cn1. The number of benzene rings is 1. The van der Waals surface area contributed by atoms with Gasteiger partial charge in [0, 0.05) is 35.5 Å². The number of aryl methyl sites for hydroxylation is 2. The van der Waals surface area contributed by atoms with E-state index in [-0.39, 0.29) is 5.91 Å². The van der Waals surface area contributed by atoms with Gasteiger partial charge in [0.1, 0.15) is 0 Å². The summed E-state index contributed by atoms with van der Waals surface area (Å²) < 4.78 is 0. The van der Waals surface area contributed by atoms with E-state index >= 15 is 0 Å². The second-order valence-corrected chi connectivity index (χ2v) is 5.41. The van der Waals surface area contributed by atoms with E-state index in [2.05, 4.69) is 33.6 Å². The van der Waals surface area contributed by atoms with E-state index in [1.807, 2.05) is 25.1 Å². The van der Waals surface area contributed by atoms with Crippen LogP contribution in [0.5, 0.6) is 0 Å². The molecule has 1 aromatic carbocycles. The van der Waals surface area contributed by atoms with Gasteiger partial charge in [-0.1, -0.05) is 18.2 Å². The molecule has 3 aromatic rings. The summed E-state index contributed by atoms with van der Waals surface area (Å²) in [5, 5.41) is 4.20. The fourth-order valence-electron chi connectivity index (χ4n) is 2.52. The summed E-state index contributed by atoms with van der Waals surface area (Å²) in [6.07, 6.45) is 5.52. The molecule has 4 heteroatoms. The molecule has 0 aliphatic heterocycles. The van der Waals surface area contributed by atoms with Crippen molar-refractivity contribution in [2.24, 2.45) is 0 Å². The van der Waals surface area contributed by atoms with Gasteiger partial charge >= 0.3 is 0 Å². The van der Waals surface area contributed by atoms with Gasteiger partial charge < -0.3 is 10.3 Å². The van der Waals surface area contributed by atoms with Gasteiger partial charge in [0.05, 0.1) is 5.56 Å². The number of aromatic nitrogens is 2. The highest BCUT2D eigenvalue weighted by Gasteiger charge is 2.06. The average Bonchev–Trinajstić information content (AvgIpc) is 2.95. The Kier molecular flexibility index (Phi) is 4.19. The van der Waals surface area contributed by atoms with Gasteiger partial charge in [0.25, 0.3) is 5.91 Å². The van der Waals surface area contributed by atoms with Gasteiger partial charge in [-0.2, -0.15) is 0 Å². The molecule has 22 heavy (non-hydrogen) atoms. The van der Waals surface area contributed by atoms with Crippen LogP contribution in [0.3, 0.4) is 0 Å². The molecule has 0 radical (unpaired) electrons. The maximum Gasteiger partial charge on any atom is 0.252 e. The minimum atomic E-state index is -0.0635. The third-order valence-corrected chi connectivity index (χ3v) is 3.76. The number of nitrogens with zero attached hydrogens (tertiary/aromatic N) is 1. The molecule has 2 N–H and O–H groups in total. The van der Waals surface area contributed by atoms with Crippen molar-refractivity contribution >= 4 is 16.8 Å². The van der Waals surface area contributed by atoms with E-state index < -0.39 is 0 Å². The Bertz CT molecular complexity index is 774. The zero-order valence-electron chi connectivity index (χ0n) is 12.6. The number of para-hydroxylation sites is 1. The lowest BCUT2D eigenvalue weighted by molar-refractivity contribution is 0.0953. The predicted octanol–water partition coefficient (Wildman–Crippen LogP) is 3.23. The number of carbonyl (C=O) groups excluding carboxylic acids is 1. The number of hydrogen-bond acceptors (Lipinski definition) is 2. The van der Waals surface area contributed by atoms with Crippen LogP contribution < -0.4 is 5.32 Å². The second-order valence-electron chi connectivity index (χ2n) is 5.41. The summed E-state index contributed by atoms with van der Waals surface area (Å²) in [5.41, 5.74) is 3.97. The molecule has 4 nitrogen and oxygen atoms in total. The number of H-pyrrole nitrogens is 1. The van der Waals surface area contributed by atoms with Crippen LogP contribution in [0.15, 0.2) is 48.8 Å². The van der Waals surface area contributed by atoms with Gasteiger partial charge in [0.15, 0.2) is 0 Å². The fraction of sp³-hybridized carbons (Fsp3) is 0.222. The molecule has 3 rings (SSSR count). The number of rotatable bonds is 5. The molecule has 2 aromatic heterocycles. The molecule has 112 valence electrons. The van der Waals surface area contributed by atoms with Crippen LogP contribution in [0.4, 0.5) is 0 Å². The van der Waals surface area contributed by atoms with Gasteiger partial charge in [-0.3, -0.25) is 9.78 Å². The summed E-state index contributed by atoms with van der Waals surface area (Å²) in [5.74, 6) is -0.0635. The summed E-state index contributed by atoms with van der Waals surface area (Å²) in [6, 6.07) is 11.9. The molecule has 0 saturated carbocycles. The molecule has 1 amide bonds. The maximum atomic E-state index is 12.0. The van der Waals surface area contributed by atoms with E-state index in [9.17, 15) is 4.79 Å². The highest BCUT2D eigenvalue weighted by atomic mass is 16.1. The highest BCUT2D eigenvalue weighted by Crippen LogP contribution is 2.18. The normalized spacial score (nSPS) is 10.8. The van der Waals surface area contributed by atoms with Crippen molar-refractivity contribution in [2.75, 3.05) is 6.54 Å². The monoisotopic (exact) mass is 293 g/mol. The molecular formula is C18H19N3O. The van der Waals surface area contributed by atoms with Crippen molar-refractivity contribution in [2.45, 2.75) is 19.8 Å². The molecule has 0 saturated heterocycles. The minimum Gasteiger partial charge on any atom is -0.361 e. The lowest BCUT2D eigenvalue weighted by atomic mass is 10.1. The molecule has 0 unspecified atom stereocenters. The van der Waals surface area contributed by atoms with Crippen LogP contribution in [0.2, 0.25) is 0 Å². The van der Waals surface area contributed by atoms with E-state index in [1.54, 1.807) is 12.3 Å². The first-order valence-electron chi connectivity index (χ1n) is 7.50. The fourth-order valence-corrected chi connectivity index (χ4v) is 2.52. The van der Waals surface area contributed by atoms with Crippen LogP contribution in [0, 0.1) is 6.92 Å². The van der Waals surface area contributed by atoms with Crippen molar-refractivity contribution in [1.82, 2.24) is 15.3 Å². The number of carbonyl (C=O) groups is 1. The van der Waals surface area contributed by atoms with E-state index in [0.29, 0.717) is 12.1 Å². The van der Waals surface area contributed by atoms with Gasteiger partial charge in [-0.05, 0) is 43.5 Å². The zero-order valence-corrected chi connectivity index (χ0v) is 12.6. The molecule has 0 fully saturated rings. The molecule has 0 aliphatic rings. The summed E-state index contributed by atoms with van der Waals surface area (Å²) in [7, 11) is 0. The largest absolute Gasteiger partial charge is 0.361 e. The highest BCUT2D eigenvalue weighted by molar-refractivity contribution is 5.93. The lowest BCUT2D eigenvalue weighted by Gasteiger charge is -2.05. The predicted molar refractivity (Wildman–Crippen MR) is 87.9 cm³/mol. The van der Waals surface area contributed by atoms with E-state index in [4.69, 9.17) is 0 Å². The Morgan fingerprint density at radius 3 is 2.91 bits per heavy atom. The van der Waals surface area contributed by atoms with Crippen molar-refractivity contribution in [3.63, 3.8) is 0 Å². The Labute approximate surface area is 129 Å². The summed E-state index contributed by atoms with van der Waals surface area (Å²) >= 11 is 0. The first-order chi connectivity index (χ1) is 10.7. The number of pyridine rings is 1. The molecule has 0 bridgehead atoms. The van der Waals surface area contributed by atoms with Crippen LogP contribution in [-0.4, -0.2) is 22.4 Å². The molecular weight excluding hydrogens is 274 g/mol. The lowest BCUT2D eigenvalue weighted by Crippen LogP contribution is -2.24. The van der Waals surface area contributed by atoms with Gasteiger partial charge in [-0.25, -0.2) is 0 Å². The second kappa shape index (κ2) is 6.43. The summed E-state index contributed by atoms with van der Waals surface area (Å²) in [6.45, 7) is 2.56. The van der Waals surface area contributed by atoms with Crippen molar-refractivity contribution < 1.29 is 4.79 Å². The molecule has 0 spiro atoms. The van der Waals surface area contributed by atoms with Crippen molar-refractivity contribution in [3.8, 4) is 0 Å². The molecule has 2 heterocycles. The first kappa shape index (κ1) is 14.3. The van der Waals surface area contributed by atoms with Gasteiger partial charge in [-0.15, -0.1) is 0 Å².